The molecule has 3 N–H and O–H groups in total. The lowest BCUT2D eigenvalue weighted by Gasteiger charge is -2.25. The van der Waals surface area contributed by atoms with Crippen molar-refractivity contribution in [3.05, 3.63) is 50.7 Å². The first kappa shape index (κ1) is 25.5. The average molecular weight is 492 g/mol. The van der Waals surface area contributed by atoms with Crippen molar-refractivity contribution in [1.82, 2.24) is 9.55 Å². The summed E-state index contributed by atoms with van der Waals surface area (Å²) in [4.78, 5) is 42.2. The fourth-order valence-electron chi connectivity index (χ4n) is 4.07. The van der Waals surface area contributed by atoms with Crippen molar-refractivity contribution in [2.45, 2.75) is 58.9 Å². The zero-order chi connectivity index (χ0) is 24.9. The van der Waals surface area contributed by atoms with Gasteiger partial charge in [0.15, 0.2) is 5.69 Å². The topological polar surface area (TPSA) is 139 Å². The van der Waals surface area contributed by atoms with Gasteiger partial charge in [0.05, 0.1) is 11.4 Å². The summed E-state index contributed by atoms with van der Waals surface area (Å²) in [5.41, 5.74) is 5.70. The molecule has 11 heteroatoms. The van der Waals surface area contributed by atoms with Crippen LogP contribution in [0.5, 0.6) is 0 Å². The quantitative estimate of drug-likeness (QED) is 0.489. The van der Waals surface area contributed by atoms with Crippen molar-refractivity contribution in [3.63, 3.8) is 0 Å². The summed E-state index contributed by atoms with van der Waals surface area (Å²) in [7, 11) is -3.33. The van der Waals surface area contributed by atoms with Gasteiger partial charge >= 0.3 is 5.69 Å². The summed E-state index contributed by atoms with van der Waals surface area (Å²) >= 11 is 0. The number of anilines is 3. The molecule has 1 aliphatic heterocycles. The van der Waals surface area contributed by atoms with Crippen molar-refractivity contribution in [2.75, 3.05) is 33.8 Å². The number of hydrogen-bond acceptors (Lipinski definition) is 6. The third kappa shape index (κ3) is 5.35. The van der Waals surface area contributed by atoms with Gasteiger partial charge in [0.2, 0.25) is 10.0 Å². The number of aromatic nitrogens is 2. The molecular formula is C23H33N5O5S. The number of nitrogen functional groups attached to an aromatic ring is 1. The van der Waals surface area contributed by atoms with E-state index in [1.165, 1.54) is 13.8 Å². The molecule has 0 saturated carbocycles. The van der Waals surface area contributed by atoms with Gasteiger partial charge in [-0.05, 0) is 43.5 Å². The number of benzene rings is 1. The Morgan fingerprint density at radius 1 is 1.09 bits per heavy atom. The average Bonchev–Trinajstić information content (AvgIpc) is 3.16. The number of H-pyrrole nitrogens is 1. The molecule has 1 saturated heterocycles. The van der Waals surface area contributed by atoms with E-state index in [0.29, 0.717) is 43.6 Å². The van der Waals surface area contributed by atoms with Crippen molar-refractivity contribution in [2.24, 2.45) is 0 Å². The molecule has 0 unspecified atom stereocenters. The van der Waals surface area contributed by atoms with Crippen LogP contribution in [-0.2, 0) is 16.6 Å². The third-order valence-corrected chi connectivity index (χ3v) is 7.82. The van der Waals surface area contributed by atoms with Gasteiger partial charge in [0, 0.05) is 25.2 Å². The van der Waals surface area contributed by atoms with E-state index >= 15 is 0 Å². The largest absolute Gasteiger partial charge is 0.383 e. The van der Waals surface area contributed by atoms with Crippen molar-refractivity contribution in [3.8, 4) is 0 Å². The van der Waals surface area contributed by atoms with Gasteiger partial charge in [-0.25, -0.2) is 13.2 Å². The summed E-state index contributed by atoms with van der Waals surface area (Å²) in [6, 6.07) is 6.29. The highest BCUT2D eigenvalue weighted by molar-refractivity contribution is 7.93. The smallest absolute Gasteiger partial charge is 0.330 e. The second-order valence-electron chi connectivity index (χ2n) is 8.45. The zero-order valence-corrected chi connectivity index (χ0v) is 20.6. The Hall–Kier alpha value is -3.08. The van der Waals surface area contributed by atoms with Gasteiger partial charge in [-0.1, -0.05) is 33.1 Å². The zero-order valence-electron chi connectivity index (χ0n) is 19.7. The number of nitrogens with one attached hydrogen (secondary N) is 1. The van der Waals surface area contributed by atoms with Crippen LogP contribution in [0.25, 0.3) is 0 Å². The van der Waals surface area contributed by atoms with Crippen LogP contribution >= 0.6 is 0 Å². The van der Waals surface area contributed by atoms with E-state index in [1.54, 1.807) is 24.3 Å². The molecule has 0 radical (unpaired) electrons. The highest BCUT2D eigenvalue weighted by atomic mass is 32.2. The Morgan fingerprint density at radius 2 is 1.76 bits per heavy atom. The maximum atomic E-state index is 13.5. The minimum absolute atomic E-state index is 0.0353. The lowest BCUT2D eigenvalue weighted by Crippen LogP contribution is -2.41. The number of aromatic amines is 1. The molecule has 10 nitrogen and oxygen atoms in total. The maximum Gasteiger partial charge on any atom is 0.330 e. The number of carbonyl (C=O) groups is 1. The molecule has 1 aromatic carbocycles. The molecule has 34 heavy (non-hydrogen) atoms. The summed E-state index contributed by atoms with van der Waals surface area (Å²) in [6.07, 6.45) is 4.51. The first-order valence-corrected chi connectivity index (χ1v) is 13.4. The number of unbranched alkanes of at least 4 members (excludes halogenated alkanes) is 3. The van der Waals surface area contributed by atoms with Crippen molar-refractivity contribution in [1.29, 1.82) is 0 Å². The number of hydrogen-bond donors (Lipinski definition) is 2. The Labute approximate surface area is 199 Å². The Morgan fingerprint density at radius 3 is 2.35 bits per heavy atom. The summed E-state index contributed by atoms with van der Waals surface area (Å²) in [5.74, 6) is -0.369. The van der Waals surface area contributed by atoms with E-state index in [2.05, 4.69) is 4.98 Å². The molecule has 2 aromatic rings. The minimum Gasteiger partial charge on any atom is -0.383 e. The number of carbonyl (C=O) groups excluding carboxylic acids is 1. The van der Waals surface area contributed by atoms with Crippen LogP contribution in [0.4, 0.5) is 17.2 Å². The Balaban J connectivity index is 1.99. The second kappa shape index (κ2) is 10.9. The van der Waals surface area contributed by atoms with E-state index in [9.17, 15) is 22.8 Å². The lowest BCUT2D eigenvalue weighted by molar-refractivity contribution is 0.0986. The van der Waals surface area contributed by atoms with Gasteiger partial charge in [0.25, 0.3) is 11.5 Å². The van der Waals surface area contributed by atoms with Crippen molar-refractivity contribution < 1.29 is 13.2 Å². The van der Waals surface area contributed by atoms with Gasteiger partial charge in [-0.3, -0.25) is 23.4 Å². The SMILES string of the molecule is CCCCCN(C(=O)c1ccc(N2CCCS2(=O)=O)cc1)c1c(N)n(CCCC)c(=O)[nH]c1=O. The van der Waals surface area contributed by atoms with Gasteiger partial charge < -0.3 is 10.6 Å². The molecule has 2 heterocycles. The molecule has 1 aromatic heterocycles. The highest BCUT2D eigenvalue weighted by Gasteiger charge is 2.29. The van der Waals surface area contributed by atoms with E-state index in [-0.39, 0.29) is 23.8 Å². The molecule has 186 valence electrons. The molecule has 1 aliphatic rings. The third-order valence-electron chi connectivity index (χ3n) is 5.95. The molecule has 1 amide bonds. The van der Waals surface area contributed by atoms with Crippen LogP contribution in [-0.4, -0.2) is 42.7 Å². The number of nitrogens with two attached hydrogens (primary N) is 1. The number of rotatable bonds is 10. The van der Waals surface area contributed by atoms with Crippen LogP contribution in [0.3, 0.4) is 0 Å². The molecule has 0 spiro atoms. The fraction of sp³-hybridized carbons (Fsp3) is 0.522. The first-order valence-electron chi connectivity index (χ1n) is 11.8. The lowest BCUT2D eigenvalue weighted by atomic mass is 10.1. The Kier molecular flexibility index (Phi) is 8.19. The number of sulfonamides is 1. The summed E-state index contributed by atoms with van der Waals surface area (Å²) in [6.45, 7) is 5.01. The molecular weight excluding hydrogens is 458 g/mol. The van der Waals surface area contributed by atoms with E-state index in [4.69, 9.17) is 5.73 Å². The van der Waals surface area contributed by atoms with Crippen LogP contribution in [0, 0.1) is 0 Å². The van der Waals surface area contributed by atoms with E-state index in [0.717, 1.165) is 19.3 Å². The fourth-order valence-corrected chi connectivity index (χ4v) is 5.63. The maximum absolute atomic E-state index is 13.5. The normalized spacial score (nSPS) is 14.9. The molecule has 0 bridgehead atoms. The molecule has 1 fully saturated rings. The van der Waals surface area contributed by atoms with E-state index in [1.807, 2.05) is 13.8 Å². The number of nitrogens with zero attached hydrogens (tertiary/aromatic N) is 3. The minimum atomic E-state index is -3.33. The summed E-state index contributed by atoms with van der Waals surface area (Å²) in [5, 5.41) is 0. The predicted octanol–water partition coefficient (Wildman–Crippen LogP) is 2.30. The van der Waals surface area contributed by atoms with Crippen LogP contribution in [0.1, 0.15) is 62.7 Å². The van der Waals surface area contributed by atoms with Crippen LogP contribution in [0.2, 0.25) is 0 Å². The highest BCUT2D eigenvalue weighted by Crippen LogP contribution is 2.26. The number of amides is 1. The van der Waals surface area contributed by atoms with Gasteiger partial charge in [-0.15, -0.1) is 0 Å². The monoisotopic (exact) mass is 491 g/mol. The standard InChI is InChI=1S/C23H33N5O5S/c1-3-5-7-14-26(19-20(24)27(13-6-4-2)23(31)25-21(19)29)22(30)17-9-11-18(12-10-17)28-15-8-16-34(28,32)33/h9-12H,3-8,13-16,24H2,1-2H3,(H,25,29,31). The Bertz CT molecular complexity index is 1230. The predicted molar refractivity (Wildman–Crippen MR) is 134 cm³/mol. The van der Waals surface area contributed by atoms with E-state index < -0.39 is 27.2 Å². The molecule has 3 rings (SSSR count). The van der Waals surface area contributed by atoms with Gasteiger partial charge in [-0.2, -0.15) is 0 Å². The molecule has 0 atom stereocenters. The summed E-state index contributed by atoms with van der Waals surface area (Å²) < 4.78 is 27.0. The van der Waals surface area contributed by atoms with Crippen molar-refractivity contribution >= 4 is 33.1 Å². The van der Waals surface area contributed by atoms with Crippen LogP contribution < -0.4 is 26.2 Å². The van der Waals surface area contributed by atoms with Crippen LogP contribution in [0.15, 0.2) is 33.9 Å². The second-order valence-corrected chi connectivity index (χ2v) is 10.5. The molecule has 0 aliphatic carbocycles. The van der Waals surface area contributed by atoms with Gasteiger partial charge in [0.1, 0.15) is 5.82 Å². The first-order chi connectivity index (χ1) is 16.2.